The Morgan fingerprint density at radius 2 is 1.85 bits per heavy atom. The summed E-state index contributed by atoms with van der Waals surface area (Å²) in [5, 5.41) is 5.61. The normalized spacial score (nSPS) is 11.0. The van der Waals surface area contributed by atoms with E-state index in [0.717, 1.165) is 18.4 Å². The Balaban J connectivity index is 2.44. The highest BCUT2D eigenvalue weighted by Gasteiger charge is 2.20. The van der Waals surface area contributed by atoms with E-state index in [0.29, 0.717) is 31.2 Å². The van der Waals surface area contributed by atoms with Crippen molar-refractivity contribution in [1.29, 1.82) is 0 Å². The highest BCUT2D eigenvalue weighted by atomic mass is 16.5. The van der Waals surface area contributed by atoms with Crippen LogP contribution in [0.25, 0.3) is 0 Å². The first-order valence-electron chi connectivity index (χ1n) is 9.12. The van der Waals surface area contributed by atoms with Gasteiger partial charge in [0.1, 0.15) is 0 Å². The molecule has 0 bridgehead atoms. The molecule has 6 nitrogen and oxygen atoms in total. The summed E-state index contributed by atoms with van der Waals surface area (Å²) in [5.41, 5.74) is 0.477. The third-order valence-electron chi connectivity index (χ3n) is 3.79. The molecule has 1 rings (SSSR count). The minimum absolute atomic E-state index is 0.0614. The van der Waals surface area contributed by atoms with Crippen molar-refractivity contribution in [2.45, 2.75) is 53.5 Å². The Hall–Kier alpha value is -2.24. The fourth-order valence-corrected chi connectivity index (χ4v) is 2.11. The van der Waals surface area contributed by atoms with Crippen molar-refractivity contribution in [3.05, 3.63) is 23.8 Å². The summed E-state index contributed by atoms with van der Waals surface area (Å²) in [4.78, 5) is 23.7. The van der Waals surface area contributed by atoms with Gasteiger partial charge in [0.15, 0.2) is 11.5 Å². The van der Waals surface area contributed by atoms with E-state index in [1.807, 2.05) is 39.0 Å². The molecule has 0 atom stereocenters. The number of methoxy groups -OCH3 is 1. The number of unbranched alkanes of at least 4 members (excludes halogenated alkanes) is 1. The standard InChI is InChI=1S/C20H32N2O4/c1-6-7-12-26-16-9-8-15(13-17(16)25-5)14-22-18(23)10-11-21-19(24)20(2,3)4/h8-9,13H,6-7,10-12,14H2,1-5H3,(H,21,24)(H,22,23). The lowest BCUT2D eigenvalue weighted by Gasteiger charge is -2.17. The molecule has 0 spiro atoms. The van der Waals surface area contributed by atoms with Gasteiger partial charge in [-0.15, -0.1) is 0 Å². The van der Waals surface area contributed by atoms with Gasteiger partial charge in [-0.2, -0.15) is 0 Å². The summed E-state index contributed by atoms with van der Waals surface area (Å²) in [5.74, 6) is 1.20. The first-order chi connectivity index (χ1) is 12.3. The Labute approximate surface area is 156 Å². The fourth-order valence-electron chi connectivity index (χ4n) is 2.11. The monoisotopic (exact) mass is 364 g/mol. The SMILES string of the molecule is CCCCOc1ccc(CNC(=O)CCNC(=O)C(C)(C)C)cc1OC. The maximum atomic E-state index is 11.9. The zero-order valence-electron chi connectivity index (χ0n) is 16.6. The largest absolute Gasteiger partial charge is 0.493 e. The van der Waals surface area contributed by atoms with Gasteiger partial charge >= 0.3 is 0 Å². The molecule has 0 saturated heterocycles. The summed E-state index contributed by atoms with van der Waals surface area (Å²) in [6.07, 6.45) is 2.31. The van der Waals surface area contributed by atoms with Crippen LogP contribution < -0.4 is 20.1 Å². The van der Waals surface area contributed by atoms with Gasteiger partial charge < -0.3 is 20.1 Å². The Bertz CT molecular complexity index is 594. The molecule has 146 valence electrons. The van der Waals surface area contributed by atoms with E-state index >= 15 is 0 Å². The molecule has 0 radical (unpaired) electrons. The topological polar surface area (TPSA) is 76.7 Å². The van der Waals surface area contributed by atoms with E-state index in [9.17, 15) is 9.59 Å². The van der Waals surface area contributed by atoms with Crippen LogP contribution in [0.4, 0.5) is 0 Å². The van der Waals surface area contributed by atoms with Gasteiger partial charge in [0, 0.05) is 24.9 Å². The molecule has 1 aromatic carbocycles. The number of hydrogen-bond acceptors (Lipinski definition) is 4. The van der Waals surface area contributed by atoms with Gasteiger partial charge in [0.2, 0.25) is 11.8 Å². The van der Waals surface area contributed by atoms with Crippen LogP contribution >= 0.6 is 0 Å². The molecule has 0 aliphatic rings. The number of rotatable bonds is 10. The van der Waals surface area contributed by atoms with Crippen molar-refractivity contribution < 1.29 is 19.1 Å². The second-order valence-corrected chi connectivity index (χ2v) is 7.22. The molecular formula is C20H32N2O4. The second-order valence-electron chi connectivity index (χ2n) is 7.22. The quantitative estimate of drug-likeness (QED) is 0.626. The van der Waals surface area contributed by atoms with Crippen LogP contribution in [-0.4, -0.2) is 32.1 Å². The van der Waals surface area contributed by atoms with Crippen LogP contribution in [0.1, 0.15) is 52.5 Å². The predicted octanol–water partition coefficient (Wildman–Crippen LogP) is 3.04. The molecule has 0 aromatic heterocycles. The van der Waals surface area contributed by atoms with Crippen LogP contribution in [0.5, 0.6) is 11.5 Å². The van der Waals surface area contributed by atoms with Crippen molar-refractivity contribution in [1.82, 2.24) is 10.6 Å². The molecule has 2 amide bonds. The Kier molecular flexibility index (Phi) is 8.96. The summed E-state index contributed by atoms with van der Waals surface area (Å²) in [6, 6.07) is 5.63. The van der Waals surface area contributed by atoms with E-state index in [1.54, 1.807) is 7.11 Å². The zero-order valence-corrected chi connectivity index (χ0v) is 16.6. The molecular weight excluding hydrogens is 332 g/mol. The van der Waals surface area contributed by atoms with E-state index < -0.39 is 5.41 Å². The van der Waals surface area contributed by atoms with Gasteiger partial charge in [-0.3, -0.25) is 9.59 Å². The zero-order chi connectivity index (χ0) is 19.6. The maximum Gasteiger partial charge on any atom is 0.225 e. The highest BCUT2D eigenvalue weighted by molar-refractivity contribution is 5.82. The van der Waals surface area contributed by atoms with Crippen molar-refractivity contribution in [2.24, 2.45) is 5.41 Å². The molecule has 26 heavy (non-hydrogen) atoms. The van der Waals surface area contributed by atoms with E-state index in [4.69, 9.17) is 9.47 Å². The minimum Gasteiger partial charge on any atom is -0.493 e. The lowest BCUT2D eigenvalue weighted by atomic mass is 9.96. The maximum absolute atomic E-state index is 11.9. The molecule has 1 aromatic rings. The van der Waals surface area contributed by atoms with Gasteiger partial charge in [-0.1, -0.05) is 40.2 Å². The fraction of sp³-hybridized carbons (Fsp3) is 0.600. The van der Waals surface area contributed by atoms with E-state index in [1.165, 1.54) is 0 Å². The summed E-state index contributed by atoms with van der Waals surface area (Å²) < 4.78 is 11.1. The number of ether oxygens (including phenoxy) is 2. The number of carbonyl (C=O) groups is 2. The average Bonchev–Trinajstić information content (AvgIpc) is 2.59. The molecule has 0 unspecified atom stereocenters. The predicted molar refractivity (Wildman–Crippen MR) is 102 cm³/mol. The molecule has 0 heterocycles. The van der Waals surface area contributed by atoms with Gasteiger partial charge in [-0.25, -0.2) is 0 Å². The van der Waals surface area contributed by atoms with Crippen molar-refractivity contribution >= 4 is 11.8 Å². The molecule has 0 fully saturated rings. The average molecular weight is 364 g/mol. The first kappa shape index (κ1) is 21.8. The number of carbonyl (C=O) groups excluding carboxylic acids is 2. The molecule has 6 heteroatoms. The van der Waals surface area contributed by atoms with Gasteiger partial charge in [0.05, 0.1) is 13.7 Å². The third kappa shape index (κ3) is 7.76. The smallest absolute Gasteiger partial charge is 0.225 e. The number of nitrogens with one attached hydrogen (secondary N) is 2. The number of amides is 2. The molecule has 0 aliphatic heterocycles. The first-order valence-corrected chi connectivity index (χ1v) is 9.12. The van der Waals surface area contributed by atoms with Gasteiger partial charge in [-0.05, 0) is 24.1 Å². The summed E-state index contributed by atoms with van der Waals surface area (Å²) >= 11 is 0. The summed E-state index contributed by atoms with van der Waals surface area (Å²) in [7, 11) is 1.60. The van der Waals surface area contributed by atoms with Crippen molar-refractivity contribution in [3.8, 4) is 11.5 Å². The van der Waals surface area contributed by atoms with E-state index in [-0.39, 0.29) is 18.2 Å². The van der Waals surface area contributed by atoms with E-state index in [2.05, 4.69) is 17.6 Å². The van der Waals surface area contributed by atoms with Gasteiger partial charge in [0.25, 0.3) is 0 Å². The molecule has 0 aliphatic carbocycles. The van der Waals surface area contributed by atoms with Crippen molar-refractivity contribution in [2.75, 3.05) is 20.3 Å². The lowest BCUT2D eigenvalue weighted by Crippen LogP contribution is -2.37. The Morgan fingerprint density at radius 3 is 2.46 bits per heavy atom. The number of hydrogen-bond donors (Lipinski definition) is 2. The lowest BCUT2D eigenvalue weighted by molar-refractivity contribution is -0.128. The number of benzene rings is 1. The van der Waals surface area contributed by atoms with Crippen LogP contribution in [0.2, 0.25) is 0 Å². The van der Waals surface area contributed by atoms with Crippen LogP contribution in [-0.2, 0) is 16.1 Å². The van der Waals surface area contributed by atoms with Crippen LogP contribution in [0, 0.1) is 5.41 Å². The Morgan fingerprint density at radius 1 is 1.12 bits per heavy atom. The highest BCUT2D eigenvalue weighted by Crippen LogP contribution is 2.28. The molecule has 0 saturated carbocycles. The van der Waals surface area contributed by atoms with Crippen LogP contribution in [0.15, 0.2) is 18.2 Å². The van der Waals surface area contributed by atoms with Crippen LogP contribution in [0.3, 0.4) is 0 Å². The summed E-state index contributed by atoms with van der Waals surface area (Å²) in [6.45, 7) is 9.01. The second kappa shape index (κ2) is 10.7. The third-order valence-corrected chi connectivity index (χ3v) is 3.79. The minimum atomic E-state index is -0.450. The van der Waals surface area contributed by atoms with Crippen molar-refractivity contribution in [3.63, 3.8) is 0 Å². The molecule has 2 N–H and O–H groups in total.